The largest absolute Gasteiger partial charge is 0.392 e. The molecule has 1 saturated heterocycles. The first-order valence-corrected chi connectivity index (χ1v) is 8.30. The van der Waals surface area contributed by atoms with Gasteiger partial charge in [0, 0.05) is 6.04 Å². The Morgan fingerprint density at radius 1 is 0.909 bits per heavy atom. The highest BCUT2D eigenvalue weighted by Crippen LogP contribution is 2.28. The van der Waals surface area contributed by atoms with Gasteiger partial charge in [0.2, 0.25) is 0 Å². The minimum atomic E-state index is -0.408. The molecule has 1 aliphatic carbocycles. The monoisotopic (exact) mass is 301 g/mol. The van der Waals surface area contributed by atoms with Crippen LogP contribution in [0.1, 0.15) is 56.6 Å². The van der Waals surface area contributed by atoms with Crippen LogP contribution in [0.5, 0.6) is 0 Å². The summed E-state index contributed by atoms with van der Waals surface area (Å²) in [5.74, 6) is -0.812. The van der Waals surface area contributed by atoms with E-state index in [9.17, 15) is 9.59 Å². The van der Waals surface area contributed by atoms with Crippen LogP contribution in [0.3, 0.4) is 0 Å². The number of hydrogen-bond donors (Lipinski definition) is 1. The van der Waals surface area contributed by atoms with E-state index in [1.807, 2.05) is 18.2 Å². The molecule has 118 valence electrons. The minimum absolute atomic E-state index is 0.0796. The van der Waals surface area contributed by atoms with Crippen LogP contribution >= 0.6 is 0 Å². The number of hydrogen-bond acceptors (Lipinski definition) is 4. The second-order valence-corrected chi connectivity index (χ2v) is 6.33. The number of carbonyl (C=O) groups is 2. The van der Waals surface area contributed by atoms with Crippen molar-refractivity contribution in [3.05, 3.63) is 35.9 Å². The first kappa shape index (κ1) is 15.2. The van der Waals surface area contributed by atoms with E-state index in [0.717, 1.165) is 38.5 Å². The van der Waals surface area contributed by atoms with Crippen molar-refractivity contribution in [2.75, 3.05) is 0 Å². The van der Waals surface area contributed by atoms with Crippen LogP contribution in [0.2, 0.25) is 0 Å². The lowest BCUT2D eigenvalue weighted by molar-refractivity contribution is -0.164. The Bertz CT molecular complexity index is 522. The average molecular weight is 301 g/mol. The molecule has 1 N–H and O–H groups in total. The highest BCUT2D eigenvalue weighted by atomic mass is 16.6. The summed E-state index contributed by atoms with van der Waals surface area (Å²) in [6.45, 7) is 0. The number of rotatable bonds is 3. The zero-order valence-electron chi connectivity index (χ0n) is 12.8. The van der Waals surface area contributed by atoms with E-state index >= 15 is 0 Å². The van der Waals surface area contributed by atoms with E-state index in [1.54, 1.807) is 0 Å². The predicted molar refractivity (Wildman–Crippen MR) is 83.0 cm³/mol. The van der Waals surface area contributed by atoms with E-state index in [2.05, 4.69) is 17.4 Å². The molecule has 0 aromatic heterocycles. The highest BCUT2D eigenvalue weighted by molar-refractivity contribution is 5.89. The minimum Gasteiger partial charge on any atom is -0.392 e. The molecule has 0 amide bonds. The summed E-state index contributed by atoms with van der Waals surface area (Å²) in [5, 5.41) is 3.29. The van der Waals surface area contributed by atoms with Crippen LogP contribution in [0.25, 0.3) is 0 Å². The van der Waals surface area contributed by atoms with Crippen molar-refractivity contribution >= 4 is 11.9 Å². The molecule has 0 bridgehead atoms. The summed E-state index contributed by atoms with van der Waals surface area (Å²) in [6.07, 6.45) is 6.63. The Morgan fingerprint density at radius 3 is 2.36 bits per heavy atom. The zero-order valence-corrected chi connectivity index (χ0v) is 12.8. The van der Waals surface area contributed by atoms with Gasteiger partial charge in [0.05, 0.1) is 5.92 Å². The van der Waals surface area contributed by atoms with Crippen LogP contribution in [-0.2, 0) is 14.3 Å². The topological polar surface area (TPSA) is 55.4 Å². The van der Waals surface area contributed by atoms with Gasteiger partial charge < -0.3 is 4.74 Å². The lowest BCUT2D eigenvalue weighted by Crippen LogP contribution is -2.36. The molecule has 2 unspecified atom stereocenters. The van der Waals surface area contributed by atoms with E-state index in [1.165, 1.54) is 12.0 Å². The van der Waals surface area contributed by atoms with Gasteiger partial charge in [0.25, 0.3) is 0 Å². The molecule has 3 rings (SSSR count). The molecule has 1 aromatic carbocycles. The first-order valence-electron chi connectivity index (χ1n) is 8.30. The van der Waals surface area contributed by atoms with Gasteiger partial charge in [0.15, 0.2) is 0 Å². The van der Waals surface area contributed by atoms with Crippen molar-refractivity contribution in [3.8, 4) is 0 Å². The fourth-order valence-electron chi connectivity index (χ4n) is 3.47. The summed E-state index contributed by atoms with van der Waals surface area (Å²) in [7, 11) is 0. The Morgan fingerprint density at radius 2 is 1.64 bits per heavy atom. The molecule has 1 aliphatic heterocycles. The van der Waals surface area contributed by atoms with Gasteiger partial charge in [0.1, 0.15) is 6.04 Å². The van der Waals surface area contributed by atoms with Crippen LogP contribution < -0.4 is 5.32 Å². The normalized spacial score (nSPS) is 25.8. The number of benzene rings is 1. The standard InChI is InChI=1S/C18H23NO3/c20-17(14-9-5-2-6-10-14)22-18(21)16-12-11-15(19-16)13-7-3-1-4-8-13/h1,3-4,7-8,14-16,19H,2,5-6,9-12H2. The fraction of sp³-hybridized carbons (Fsp3) is 0.556. The second kappa shape index (κ2) is 7.05. The molecular weight excluding hydrogens is 278 g/mol. The Balaban J connectivity index is 1.52. The van der Waals surface area contributed by atoms with Gasteiger partial charge in [-0.05, 0) is 31.2 Å². The summed E-state index contributed by atoms with van der Waals surface area (Å²) >= 11 is 0. The number of nitrogens with one attached hydrogen (secondary N) is 1. The van der Waals surface area contributed by atoms with Gasteiger partial charge in [-0.1, -0.05) is 49.6 Å². The second-order valence-electron chi connectivity index (χ2n) is 6.33. The van der Waals surface area contributed by atoms with Gasteiger partial charge >= 0.3 is 11.9 Å². The first-order chi connectivity index (χ1) is 10.7. The van der Waals surface area contributed by atoms with Crippen molar-refractivity contribution in [2.24, 2.45) is 5.92 Å². The van der Waals surface area contributed by atoms with Crippen molar-refractivity contribution < 1.29 is 14.3 Å². The molecular formula is C18H23NO3. The molecule has 2 aliphatic rings. The molecule has 0 radical (unpaired) electrons. The Labute approximate surface area is 131 Å². The maximum Gasteiger partial charge on any atom is 0.330 e. The van der Waals surface area contributed by atoms with Crippen molar-refractivity contribution in [1.82, 2.24) is 5.32 Å². The Kier molecular flexibility index (Phi) is 4.88. The molecule has 2 atom stereocenters. The molecule has 1 aromatic rings. The summed E-state index contributed by atoms with van der Waals surface area (Å²) in [6, 6.07) is 9.88. The molecule has 2 fully saturated rings. The maximum absolute atomic E-state index is 12.2. The molecule has 4 nitrogen and oxygen atoms in total. The van der Waals surface area contributed by atoms with E-state index in [-0.39, 0.29) is 24.0 Å². The van der Waals surface area contributed by atoms with E-state index < -0.39 is 5.97 Å². The number of carbonyl (C=O) groups excluding carboxylic acids is 2. The predicted octanol–water partition coefficient (Wildman–Crippen LogP) is 3.13. The third-order valence-corrected chi connectivity index (χ3v) is 4.77. The maximum atomic E-state index is 12.2. The molecule has 4 heteroatoms. The summed E-state index contributed by atoms with van der Waals surface area (Å²) in [4.78, 5) is 24.2. The lowest BCUT2D eigenvalue weighted by Gasteiger charge is -2.20. The fourth-order valence-corrected chi connectivity index (χ4v) is 3.47. The number of esters is 2. The third-order valence-electron chi connectivity index (χ3n) is 4.77. The molecule has 22 heavy (non-hydrogen) atoms. The molecule has 0 spiro atoms. The van der Waals surface area contributed by atoms with Crippen molar-refractivity contribution in [3.63, 3.8) is 0 Å². The van der Waals surface area contributed by atoms with Crippen LogP contribution in [0.15, 0.2) is 30.3 Å². The summed E-state index contributed by atoms with van der Waals surface area (Å²) in [5.41, 5.74) is 1.18. The molecule has 1 saturated carbocycles. The molecule has 1 heterocycles. The summed E-state index contributed by atoms with van der Waals surface area (Å²) < 4.78 is 5.12. The average Bonchev–Trinajstić information content (AvgIpc) is 3.06. The van der Waals surface area contributed by atoms with Crippen molar-refractivity contribution in [2.45, 2.75) is 57.0 Å². The Hall–Kier alpha value is -1.68. The number of ether oxygens (including phenoxy) is 1. The van der Waals surface area contributed by atoms with Gasteiger partial charge in [-0.2, -0.15) is 0 Å². The van der Waals surface area contributed by atoms with Crippen LogP contribution in [-0.4, -0.2) is 18.0 Å². The lowest BCUT2D eigenvalue weighted by atomic mass is 9.89. The third kappa shape index (κ3) is 3.55. The highest BCUT2D eigenvalue weighted by Gasteiger charge is 2.33. The van der Waals surface area contributed by atoms with E-state index in [4.69, 9.17) is 4.74 Å². The van der Waals surface area contributed by atoms with E-state index in [0.29, 0.717) is 0 Å². The van der Waals surface area contributed by atoms with Gasteiger partial charge in [-0.25, -0.2) is 4.79 Å². The van der Waals surface area contributed by atoms with Crippen LogP contribution in [0, 0.1) is 5.92 Å². The van der Waals surface area contributed by atoms with Crippen molar-refractivity contribution in [1.29, 1.82) is 0 Å². The van der Waals surface area contributed by atoms with Gasteiger partial charge in [-0.3, -0.25) is 10.1 Å². The quantitative estimate of drug-likeness (QED) is 0.688. The zero-order chi connectivity index (χ0) is 15.4. The van der Waals surface area contributed by atoms with Gasteiger partial charge in [-0.15, -0.1) is 0 Å². The SMILES string of the molecule is O=C(OC(=O)C1CCC(c2ccccc2)N1)C1CCCCC1. The van der Waals surface area contributed by atoms with Crippen LogP contribution in [0.4, 0.5) is 0 Å². The smallest absolute Gasteiger partial charge is 0.330 e.